The van der Waals surface area contributed by atoms with Crippen LogP contribution in [-0.4, -0.2) is 76.2 Å². The van der Waals surface area contributed by atoms with Gasteiger partial charge in [-0.15, -0.1) is 0 Å². The lowest BCUT2D eigenvalue weighted by Gasteiger charge is -2.25. The van der Waals surface area contributed by atoms with Crippen LogP contribution in [0.25, 0.3) is 10.9 Å². The van der Waals surface area contributed by atoms with Crippen molar-refractivity contribution in [3.63, 3.8) is 0 Å². The van der Waals surface area contributed by atoms with E-state index in [9.17, 15) is 29.4 Å². The molecule has 0 fully saturated rings. The van der Waals surface area contributed by atoms with Crippen LogP contribution in [0.1, 0.15) is 30.4 Å². The molecule has 3 amide bonds. The second-order valence-corrected chi connectivity index (χ2v) is 9.85. The second-order valence-electron chi connectivity index (χ2n) is 9.85. The molecule has 41 heavy (non-hydrogen) atoms. The van der Waals surface area contributed by atoms with E-state index in [4.69, 9.17) is 11.5 Å². The first-order chi connectivity index (χ1) is 19.7. The van der Waals surface area contributed by atoms with Crippen molar-refractivity contribution in [1.82, 2.24) is 20.9 Å². The molecule has 0 radical (unpaired) electrons. The summed E-state index contributed by atoms with van der Waals surface area (Å²) in [5.41, 5.74) is 14.3. The Labute approximate surface area is 237 Å². The van der Waals surface area contributed by atoms with Crippen LogP contribution >= 0.6 is 0 Å². The Kier molecular flexibility index (Phi) is 11.8. The van der Waals surface area contributed by atoms with Gasteiger partial charge in [0, 0.05) is 23.5 Å². The smallest absolute Gasteiger partial charge is 0.328 e. The van der Waals surface area contributed by atoms with Crippen LogP contribution in [0.3, 0.4) is 0 Å². The van der Waals surface area contributed by atoms with Gasteiger partial charge in [0.15, 0.2) is 0 Å². The van der Waals surface area contributed by atoms with Crippen LogP contribution in [0.2, 0.25) is 0 Å². The third kappa shape index (κ3) is 9.13. The Morgan fingerprint density at radius 1 is 0.805 bits per heavy atom. The molecule has 0 bridgehead atoms. The fraction of sp³-hybridized carbons (Fsp3) is 0.379. The van der Waals surface area contributed by atoms with Crippen LogP contribution in [0.5, 0.6) is 0 Å². The van der Waals surface area contributed by atoms with E-state index in [2.05, 4.69) is 20.9 Å². The second kappa shape index (κ2) is 15.5. The number of aliphatic carboxylic acids is 1. The molecule has 10 N–H and O–H groups in total. The normalized spacial score (nSPS) is 14.0. The Balaban J connectivity index is 1.82. The van der Waals surface area contributed by atoms with Gasteiger partial charge in [0.2, 0.25) is 17.7 Å². The summed E-state index contributed by atoms with van der Waals surface area (Å²) in [4.78, 5) is 54.2. The average Bonchev–Trinajstić information content (AvgIpc) is 3.37. The third-order valence-electron chi connectivity index (χ3n) is 6.74. The van der Waals surface area contributed by atoms with Crippen LogP contribution in [0, 0.1) is 0 Å². The molecule has 1 heterocycles. The van der Waals surface area contributed by atoms with Gasteiger partial charge in [0.25, 0.3) is 0 Å². The van der Waals surface area contributed by atoms with Crippen molar-refractivity contribution in [2.75, 3.05) is 13.2 Å². The third-order valence-corrected chi connectivity index (χ3v) is 6.74. The van der Waals surface area contributed by atoms with Crippen molar-refractivity contribution < 1.29 is 29.4 Å². The molecule has 0 aliphatic carbocycles. The zero-order valence-corrected chi connectivity index (χ0v) is 22.7. The molecule has 12 heteroatoms. The number of hydrogen-bond donors (Lipinski definition) is 8. The number of carboxylic acids is 1. The van der Waals surface area contributed by atoms with Gasteiger partial charge in [0.05, 0.1) is 12.6 Å². The largest absolute Gasteiger partial charge is 0.480 e. The molecule has 0 saturated heterocycles. The number of unbranched alkanes of at least 4 members (excludes halogenated alkanes) is 1. The van der Waals surface area contributed by atoms with E-state index in [1.165, 1.54) is 0 Å². The summed E-state index contributed by atoms with van der Waals surface area (Å²) in [5, 5.41) is 27.1. The summed E-state index contributed by atoms with van der Waals surface area (Å²) in [6.45, 7) is -0.446. The highest BCUT2D eigenvalue weighted by Gasteiger charge is 2.30. The Bertz CT molecular complexity index is 1310. The predicted octanol–water partition coefficient (Wildman–Crippen LogP) is -0.0593. The number of aromatic amines is 1. The quantitative estimate of drug-likeness (QED) is 0.110. The van der Waals surface area contributed by atoms with Gasteiger partial charge < -0.3 is 42.6 Å². The van der Waals surface area contributed by atoms with Gasteiger partial charge in [-0.1, -0.05) is 48.5 Å². The number of carbonyl (C=O) groups excluding carboxylic acids is 3. The van der Waals surface area contributed by atoms with Gasteiger partial charge in [0.1, 0.15) is 18.1 Å². The summed E-state index contributed by atoms with van der Waals surface area (Å²) < 4.78 is 0. The number of aliphatic hydroxyl groups excluding tert-OH is 1. The standard InChI is InChI=1S/C29H38N6O6/c30-13-7-6-12-23(27(38)35-25(17-36)29(40)41)33-28(39)24(15-19-16-32-22-11-5-4-10-20(19)22)34-26(37)21(31)14-18-8-2-1-3-9-18/h1-5,8-11,16,21,23-25,32,36H,6-7,12-15,17,30-31H2,(H,33,39)(H,34,37)(H,35,38)(H,40,41). The SMILES string of the molecule is NCCCCC(NC(=O)C(Cc1c[nH]c2ccccc12)NC(=O)C(N)Cc1ccccc1)C(=O)NC(CO)C(=O)O. The van der Waals surface area contributed by atoms with E-state index in [1.54, 1.807) is 6.20 Å². The number of aliphatic hydroxyl groups is 1. The van der Waals surface area contributed by atoms with Crippen molar-refractivity contribution >= 4 is 34.6 Å². The zero-order chi connectivity index (χ0) is 29.8. The topological polar surface area (TPSA) is 213 Å². The summed E-state index contributed by atoms with van der Waals surface area (Å²) >= 11 is 0. The van der Waals surface area contributed by atoms with Gasteiger partial charge in [-0.05, 0) is 49.4 Å². The maximum absolute atomic E-state index is 13.6. The summed E-state index contributed by atoms with van der Waals surface area (Å²) in [5.74, 6) is -3.36. The van der Waals surface area contributed by atoms with Crippen molar-refractivity contribution in [3.05, 3.63) is 71.9 Å². The summed E-state index contributed by atoms with van der Waals surface area (Å²) in [7, 11) is 0. The molecule has 3 rings (SSSR count). The fourth-order valence-electron chi connectivity index (χ4n) is 4.46. The van der Waals surface area contributed by atoms with Crippen molar-refractivity contribution in [1.29, 1.82) is 0 Å². The predicted molar refractivity (Wildman–Crippen MR) is 154 cm³/mol. The number of para-hydroxylation sites is 1. The van der Waals surface area contributed by atoms with Crippen LogP contribution in [0.4, 0.5) is 0 Å². The van der Waals surface area contributed by atoms with Crippen LogP contribution in [-0.2, 0) is 32.0 Å². The molecular weight excluding hydrogens is 528 g/mol. The van der Waals surface area contributed by atoms with Gasteiger partial charge >= 0.3 is 5.97 Å². The minimum atomic E-state index is -1.53. The number of benzene rings is 2. The summed E-state index contributed by atoms with van der Waals surface area (Å²) in [6, 6.07) is 12.1. The molecule has 4 atom stereocenters. The van der Waals surface area contributed by atoms with E-state index in [0.29, 0.717) is 19.4 Å². The lowest BCUT2D eigenvalue weighted by atomic mass is 10.0. The maximum atomic E-state index is 13.6. The molecule has 4 unspecified atom stereocenters. The number of carbonyl (C=O) groups is 4. The molecular formula is C29H38N6O6. The number of H-pyrrole nitrogens is 1. The molecule has 0 spiro atoms. The maximum Gasteiger partial charge on any atom is 0.328 e. The van der Waals surface area contributed by atoms with E-state index in [1.807, 2.05) is 54.6 Å². The monoisotopic (exact) mass is 566 g/mol. The lowest BCUT2D eigenvalue weighted by Crippen LogP contribution is -2.58. The first kappa shape index (κ1) is 31.3. The van der Waals surface area contributed by atoms with Gasteiger partial charge in [-0.3, -0.25) is 14.4 Å². The highest BCUT2D eigenvalue weighted by Crippen LogP contribution is 2.19. The molecule has 220 valence electrons. The number of nitrogens with one attached hydrogen (secondary N) is 4. The highest BCUT2D eigenvalue weighted by molar-refractivity contribution is 5.95. The van der Waals surface area contributed by atoms with E-state index >= 15 is 0 Å². The Morgan fingerprint density at radius 3 is 2.12 bits per heavy atom. The molecule has 0 aliphatic rings. The van der Waals surface area contributed by atoms with Crippen LogP contribution in [0.15, 0.2) is 60.8 Å². The number of nitrogens with two attached hydrogens (primary N) is 2. The van der Waals surface area contributed by atoms with E-state index in [-0.39, 0.29) is 19.3 Å². The number of hydrogen-bond acceptors (Lipinski definition) is 7. The fourth-order valence-corrected chi connectivity index (χ4v) is 4.46. The van der Waals surface area contributed by atoms with Crippen molar-refractivity contribution in [3.8, 4) is 0 Å². The number of carboxylic acid groups (broad SMARTS) is 1. The number of aromatic nitrogens is 1. The van der Waals surface area contributed by atoms with Gasteiger partial charge in [-0.25, -0.2) is 4.79 Å². The van der Waals surface area contributed by atoms with Crippen molar-refractivity contribution in [2.24, 2.45) is 11.5 Å². The highest BCUT2D eigenvalue weighted by atomic mass is 16.4. The Morgan fingerprint density at radius 2 is 1.44 bits per heavy atom. The number of rotatable bonds is 16. The average molecular weight is 567 g/mol. The molecule has 12 nitrogen and oxygen atoms in total. The molecule has 3 aromatic rings. The zero-order valence-electron chi connectivity index (χ0n) is 22.7. The van der Waals surface area contributed by atoms with E-state index in [0.717, 1.165) is 22.0 Å². The summed E-state index contributed by atoms with van der Waals surface area (Å²) in [6.07, 6.45) is 3.35. The molecule has 0 saturated carbocycles. The number of amides is 3. The minimum Gasteiger partial charge on any atom is -0.480 e. The van der Waals surface area contributed by atoms with Crippen LogP contribution < -0.4 is 27.4 Å². The van der Waals surface area contributed by atoms with E-state index < -0.39 is 54.5 Å². The number of fused-ring (bicyclic) bond motifs is 1. The molecule has 2 aromatic carbocycles. The first-order valence-corrected chi connectivity index (χ1v) is 13.5. The first-order valence-electron chi connectivity index (χ1n) is 13.5. The molecule has 1 aromatic heterocycles. The Hall–Kier alpha value is -4.26. The molecule has 0 aliphatic heterocycles. The minimum absolute atomic E-state index is 0.102. The lowest BCUT2D eigenvalue weighted by molar-refractivity contribution is -0.143. The van der Waals surface area contributed by atoms with Crippen molar-refractivity contribution in [2.45, 2.75) is 56.3 Å². The van der Waals surface area contributed by atoms with Gasteiger partial charge in [-0.2, -0.15) is 0 Å².